The SMILES string of the molecule is CC1C=CSC1C1=NC(C)(CCCC2CCC(Br)S2)C(=O)O1. The van der Waals surface area contributed by atoms with Crippen LogP contribution in [-0.2, 0) is 9.53 Å². The summed E-state index contributed by atoms with van der Waals surface area (Å²) in [6, 6.07) is 0. The summed E-state index contributed by atoms with van der Waals surface area (Å²) in [5.74, 6) is 0.843. The Morgan fingerprint density at radius 2 is 2.32 bits per heavy atom. The molecule has 6 heteroatoms. The van der Waals surface area contributed by atoms with E-state index in [9.17, 15) is 4.79 Å². The Labute approximate surface area is 149 Å². The summed E-state index contributed by atoms with van der Waals surface area (Å²) >= 11 is 7.39. The van der Waals surface area contributed by atoms with Crippen LogP contribution in [0.1, 0.15) is 46.0 Å². The third kappa shape index (κ3) is 3.59. The van der Waals surface area contributed by atoms with Gasteiger partial charge in [-0.3, -0.25) is 0 Å². The van der Waals surface area contributed by atoms with Gasteiger partial charge in [0.15, 0.2) is 5.54 Å². The van der Waals surface area contributed by atoms with E-state index in [4.69, 9.17) is 4.74 Å². The molecule has 1 fully saturated rings. The van der Waals surface area contributed by atoms with Crippen LogP contribution in [0.5, 0.6) is 0 Å². The zero-order chi connectivity index (χ0) is 15.7. The van der Waals surface area contributed by atoms with Gasteiger partial charge in [-0.2, -0.15) is 0 Å². The number of ether oxygens (including phenoxy) is 1. The van der Waals surface area contributed by atoms with E-state index in [0.717, 1.165) is 24.5 Å². The molecule has 3 nitrogen and oxygen atoms in total. The van der Waals surface area contributed by atoms with Crippen LogP contribution < -0.4 is 0 Å². The molecule has 0 aromatic rings. The molecule has 0 spiro atoms. The lowest BCUT2D eigenvalue weighted by atomic mass is 9.95. The van der Waals surface area contributed by atoms with E-state index in [2.05, 4.69) is 39.3 Å². The highest BCUT2D eigenvalue weighted by Crippen LogP contribution is 2.41. The highest BCUT2D eigenvalue weighted by atomic mass is 79.9. The molecule has 22 heavy (non-hydrogen) atoms. The van der Waals surface area contributed by atoms with Crippen LogP contribution in [0.15, 0.2) is 16.5 Å². The van der Waals surface area contributed by atoms with E-state index >= 15 is 0 Å². The van der Waals surface area contributed by atoms with Gasteiger partial charge < -0.3 is 4.74 Å². The quantitative estimate of drug-likeness (QED) is 0.490. The Bertz CT molecular complexity index is 510. The number of halogens is 1. The first-order valence-corrected chi connectivity index (χ1v) is 10.7. The van der Waals surface area contributed by atoms with Gasteiger partial charge in [-0.15, -0.1) is 23.5 Å². The lowest BCUT2D eigenvalue weighted by Crippen LogP contribution is -2.30. The molecule has 5 unspecified atom stereocenters. The maximum Gasteiger partial charge on any atom is 0.340 e. The van der Waals surface area contributed by atoms with Gasteiger partial charge >= 0.3 is 5.97 Å². The Morgan fingerprint density at radius 1 is 1.50 bits per heavy atom. The van der Waals surface area contributed by atoms with Gasteiger partial charge in [0, 0.05) is 5.25 Å². The Balaban J connectivity index is 1.55. The van der Waals surface area contributed by atoms with E-state index in [-0.39, 0.29) is 11.2 Å². The largest absolute Gasteiger partial charge is 0.409 e. The lowest BCUT2D eigenvalue weighted by molar-refractivity contribution is -0.138. The molecule has 3 rings (SSSR count). The van der Waals surface area contributed by atoms with Crippen molar-refractivity contribution in [2.24, 2.45) is 10.9 Å². The molecule has 0 aromatic carbocycles. The number of alkyl halides is 1. The molecule has 3 heterocycles. The molecule has 0 N–H and O–H groups in total. The molecule has 5 atom stereocenters. The summed E-state index contributed by atoms with van der Waals surface area (Å²) in [6.07, 6.45) is 7.66. The van der Waals surface area contributed by atoms with Crippen LogP contribution in [-0.4, -0.2) is 32.1 Å². The molecule has 0 bridgehead atoms. The highest BCUT2D eigenvalue weighted by Gasteiger charge is 2.44. The predicted octanol–water partition coefficient (Wildman–Crippen LogP) is 4.75. The van der Waals surface area contributed by atoms with Crippen molar-refractivity contribution in [2.75, 3.05) is 0 Å². The first-order valence-electron chi connectivity index (χ1n) is 7.91. The normalized spacial score (nSPS) is 41.0. The van der Waals surface area contributed by atoms with Gasteiger partial charge in [0.05, 0.1) is 9.41 Å². The molecule has 122 valence electrons. The number of esters is 1. The average molecular weight is 404 g/mol. The third-order valence-electron chi connectivity index (χ3n) is 4.57. The van der Waals surface area contributed by atoms with Crippen molar-refractivity contribution in [3.63, 3.8) is 0 Å². The second-order valence-electron chi connectivity index (χ2n) is 6.50. The Morgan fingerprint density at radius 3 is 2.95 bits per heavy atom. The minimum atomic E-state index is -0.671. The number of nitrogens with zero attached hydrogens (tertiary/aromatic N) is 1. The number of thioether (sulfide) groups is 2. The van der Waals surface area contributed by atoms with Crippen LogP contribution in [0.4, 0.5) is 0 Å². The number of carbonyl (C=O) groups is 1. The van der Waals surface area contributed by atoms with Crippen molar-refractivity contribution in [3.05, 3.63) is 11.5 Å². The van der Waals surface area contributed by atoms with Gasteiger partial charge in [-0.05, 0) is 50.4 Å². The van der Waals surface area contributed by atoms with Crippen LogP contribution in [0, 0.1) is 5.92 Å². The molecule has 3 aliphatic heterocycles. The fourth-order valence-corrected chi connectivity index (χ4v) is 6.61. The summed E-state index contributed by atoms with van der Waals surface area (Å²) in [5, 5.41) is 2.98. The van der Waals surface area contributed by atoms with Gasteiger partial charge in [0.1, 0.15) is 0 Å². The zero-order valence-electron chi connectivity index (χ0n) is 13.0. The standard InChI is InChI=1S/C16H22BrNO2S2/c1-10-7-9-21-13(10)14-18-16(2,15(19)20-14)8-3-4-11-5-6-12(17)22-11/h7,9-13H,3-6,8H2,1-2H3. The van der Waals surface area contributed by atoms with Crippen molar-refractivity contribution < 1.29 is 9.53 Å². The number of allylic oxidation sites excluding steroid dienone is 1. The van der Waals surface area contributed by atoms with Crippen molar-refractivity contribution in [3.8, 4) is 0 Å². The molecular weight excluding hydrogens is 382 g/mol. The zero-order valence-corrected chi connectivity index (χ0v) is 16.2. The fraction of sp³-hybridized carbons (Fsp3) is 0.750. The van der Waals surface area contributed by atoms with Gasteiger partial charge in [-0.25, -0.2) is 9.79 Å². The van der Waals surface area contributed by atoms with Crippen molar-refractivity contribution >= 4 is 51.3 Å². The van der Waals surface area contributed by atoms with E-state index in [0.29, 0.717) is 16.0 Å². The van der Waals surface area contributed by atoms with E-state index in [1.54, 1.807) is 11.8 Å². The summed E-state index contributed by atoms with van der Waals surface area (Å²) in [5.41, 5.74) is -0.671. The van der Waals surface area contributed by atoms with Crippen LogP contribution in [0.3, 0.4) is 0 Å². The maximum atomic E-state index is 12.3. The monoisotopic (exact) mass is 403 g/mol. The molecule has 3 aliphatic rings. The number of aliphatic imine (C=N–C) groups is 1. The predicted molar refractivity (Wildman–Crippen MR) is 98.8 cm³/mol. The number of hydrogen-bond acceptors (Lipinski definition) is 5. The van der Waals surface area contributed by atoms with E-state index < -0.39 is 5.54 Å². The van der Waals surface area contributed by atoms with E-state index in [1.807, 2.05) is 18.7 Å². The highest BCUT2D eigenvalue weighted by molar-refractivity contribution is 9.11. The minimum Gasteiger partial charge on any atom is -0.409 e. The van der Waals surface area contributed by atoms with Crippen LogP contribution >= 0.6 is 39.5 Å². The van der Waals surface area contributed by atoms with Crippen molar-refractivity contribution in [1.29, 1.82) is 0 Å². The summed E-state index contributed by atoms with van der Waals surface area (Å²) in [7, 11) is 0. The smallest absolute Gasteiger partial charge is 0.340 e. The molecule has 0 amide bonds. The van der Waals surface area contributed by atoms with Gasteiger partial charge in [-0.1, -0.05) is 28.9 Å². The summed E-state index contributed by atoms with van der Waals surface area (Å²) in [6.45, 7) is 4.07. The van der Waals surface area contributed by atoms with E-state index in [1.165, 1.54) is 12.8 Å². The summed E-state index contributed by atoms with van der Waals surface area (Å²) in [4.78, 5) is 17.0. The number of rotatable bonds is 5. The minimum absolute atomic E-state index is 0.167. The third-order valence-corrected chi connectivity index (χ3v) is 8.30. The second-order valence-corrected chi connectivity index (χ2v) is 10.8. The number of cyclic esters (lactones) is 1. The maximum absolute atomic E-state index is 12.3. The van der Waals surface area contributed by atoms with Crippen LogP contribution in [0.25, 0.3) is 0 Å². The van der Waals surface area contributed by atoms with Crippen LogP contribution in [0.2, 0.25) is 0 Å². The molecule has 0 aromatic heterocycles. The van der Waals surface area contributed by atoms with Crippen molar-refractivity contribution in [2.45, 2.75) is 66.1 Å². The molecule has 0 aliphatic carbocycles. The molecule has 0 saturated carbocycles. The Kier molecular flexibility index (Phi) is 5.30. The fourth-order valence-electron chi connectivity index (χ4n) is 3.11. The Hall–Kier alpha value is 0.0600. The topological polar surface area (TPSA) is 38.7 Å². The first-order chi connectivity index (χ1) is 10.5. The number of hydrogen-bond donors (Lipinski definition) is 0. The second kappa shape index (κ2) is 6.89. The molecule has 0 radical (unpaired) electrons. The average Bonchev–Trinajstić information content (AvgIpc) is 3.12. The first kappa shape index (κ1) is 16.9. The molecule has 1 saturated heterocycles. The van der Waals surface area contributed by atoms with Gasteiger partial charge in [0.25, 0.3) is 0 Å². The summed E-state index contributed by atoms with van der Waals surface area (Å²) < 4.78 is 6.12. The van der Waals surface area contributed by atoms with Gasteiger partial charge in [0.2, 0.25) is 5.90 Å². The number of carbonyl (C=O) groups excluding carboxylic acids is 1. The van der Waals surface area contributed by atoms with Crippen molar-refractivity contribution in [1.82, 2.24) is 0 Å². The lowest BCUT2D eigenvalue weighted by Gasteiger charge is -2.17. The molecular formula is C16H22BrNO2S2.